The molecule has 0 bridgehead atoms. The Morgan fingerprint density at radius 1 is 1.15 bits per heavy atom. The number of fused-ring (bicyclic) bond motifs is 1. The fourth-order valence-corrected chi connectivity index (χ4v) is 2.48. The summed E-state index contributed by atoms with van der Waals surface area (Å²) in [7, 11) is 0. The molecule has 2 heterocycles. The van der Waals surface area contributed by atoms with Crippen LogP contribution in [0.1, 0.15) is 5.56 Å². The van der Waals surface area contributed by atoms with E-state index in [2.05, 4.69) is 4.98 Å². The molecule has 0 aliphatic carbocycles. The number of halogens is 2. The summed E-state index contributed by atoms with van der Waals surface area (Å²) in [4.78, 5) is 25.7. The predicted molar refractivity (Wildman–Crippen MR) is 76.7 cm³/mol. The Balaban J connectivity index is 2.14. The van der Waals surface area contributed by atoms with E-state index in [9.17, 15) is 9.59 Å². The summed E-state index contributed by atoms with van der Waals surface area (Å²) in [6, 6.07) is 6.67. The molecule has 2 aromatic heterocycles. The van der Waals surface area contributed by atoms with Crippen molar-refractivity contribution in [1.82, 2.24) is 9.55 Å². The van der Waals surface area contributed by atoms with E-state index in [1.807, 2.05) is 0 Å². The standard InChI is InChI=1S/C13H8Cl2N2O3/c14-8-2-1-3-9(15)7(8)6-17-5-4-10-11(12(17)18)16-13(19)20-10/h1-5H,6H2,(H,16,19). The molecule has 0 spiro atoms. The van der Waals surface area contributed by atoms with Gasteiger partial charge in [0.25, 0.3) is 5.56 Å². The van der Waals surface area contributed by atoms with Gasteiger partial charge in [-0.3, -0.25) is 9.78 Å². The van der Waals surface area contributed by atoms with Crippen molar-refractivity contribution >= 4 is 34.3 Å². The van der Waals surface area contributed by atoms with Crippen molar-refractivity contribution in [1.29, 1.82) is 0 Å². The fourth-order valence-electron chi connectivity index (χ4n) is 1.96. The van der Waals surface area contributed by atoms with Crippen LogP contribution in [-0.4, -0.2) is 9.55 Å². The largest absolute Gasteiger partial charge is 0.417 e. The number of aromatic amines is 1. The Morgan fingerprint density at radius 2 is 1.85 bits per heavy atom. The third kappa shape index (κ3) is 2.15. The first kappa shape index (κ1) is 13.0. The van der Waals surface area contributed by atoms with Crippen molar-refractivity contribution < 1.29 is 4.42 Å². The second-order valence-electron chi connectivity index (χ2n) is 4.20. The van der Waals surface area contributed by atoms with Crippen LogP contribution in [0.5, 0.6) is 0 Å². The third-order valence-electron chi connectivity index (χ3n) is 2.95. The van der Waals surface area contributed by atoms with Gasteiger partial charge in [-0.2, -0.15) is 0 Å². The van der Waals surface area contributed by atoms with Gasteiger partial charge in [0.05, 0.1) is 6.54 Å². The van der Waals surface area contributed by atoms with Crippen molar-refractivity contribution in [3.05, 3.63) is 67.0 Å². The molecule has 0 saturated carbocycles. The van der Waals surface area contributed by atoms with Gasteiger partial charge >= 0.3 is 5.76 Å². The van der Waals surface area contributed by atoms with Gasteiger partial charge in [0.1, 0.15) is 0 Å². The smallest absolute Gasteiger partial charge is 0.408 e. The lowest BCUT2D eigenvalue weighted by atomic mass is 10.2. The molecule has 0 atom stereocenters. The zero-order valence-electron chi connectivity index (χ0n) is 10.0. The number of rotatable bonds is 2. The normalized spacial score (nSPS) is 11.1. The quantitative estimate of drug-likeness (QED) is 0.791. The predicted octanol–water partition coefficient (Wildman–Crippen LogP) is 2.64. The highest BCUT2D eigenvalue weighted by atomic mass is 35.5. The number of H-pyrrole nitrogens is 1. The Labute approximate surface area is 122 Å². The zero-order valence-corrected chi connectivity index (χ0v) is 11.5. The molecular formula is C13H8Cl2N2O3. The summed E-state index contributed by atoms with van der Waals surface area (Å²) in [5.41, 5.74) is 0.620. The number of nitrogens with one attached hydrogen (secondary N) is 1. The van der Waals surface area contributed by atoms with Crippen LogP contribution < -0.4 is 11.3 Å². The van der Waals surface area contributed by atoms with E-state index in [1.165, 1.54) is 10.8 Å². The van der Waals surface area contributed by atoms with Crippen molar-refractivity contribution in [3.8, 4) is 0 Å². The molecule has 0 saturated heterocycles. The number of aromatic nitrogens is 2. The summed E-state index contributed by atoms with van der Waals surface area (Å²) in [6.07, 6.45) is 1.53. The van der Waals surface area contributed by atoms with Crippen LogP contribution in [0.15, 0.2) is 44.5 Å². The molecule has 20 heavy (non-hydrogen) atoms. The summed E-state index contributed by atoms with van der Waals surface area (Å²) in [5, 5.41) is 0.954. The number of nitrogens with zero attached hydrogens (tertiary/aromatic N) is 1. The monoisotopic (exact) mass is 310 g/mol. The molecule has 0 fully saturated rings. The molecule has 1 aromatic carbocycles. The zero-order chi connectivity index (χ0) is 14.3. The van der Waals surface area contributed by atoms with Crippen LogP contribution in [0.25, 0.3) is 11.1 Å². The lowest BCUT2D eigenvalue weighted by Crippen LogP contribution is -2.20. The topological polar surface area (TPSA) is 68.0 Å². The van der Waals surface area contributed by atoms with E-state index < -0.39 is 5.76 Å². The van der Waals surface area contributed by atoms with Crippen molar-refractivity contribution in [2.24, 2.45) is 0 Å². The molecule has 1 N–H and O–H groups in total. The number of hydrogen-bond donors (Lipinski definition) is 1. The van der Waals surface area contributed by atoms with E-state index in [4.69, 9.17) is 27.6 Å². The highest BCUT2D eigenvalue weighted by molar-refractivity contribution is 6.35. The highest BCUT2D eigenvalue weighted by Crippen LogP contribution is 2.24. The molecule has 0 unspecified atom stereocenters. The van der Waals surface area contributed by atoms with Crippen LogP contribution >= 0.6 is 23.2 Å². The van der Waals surface area contributed by atoms with Crippen LogP contribution in [0.4, 0.5) is 0 Å². The minimum Gasteiger partial charge on any atom is -0.408 e. The molecule has 5 nitrogen and oxygen atoms in total. The summed E-state index contributed by atoms with van der Waals surface area (Å²) in [5.74, 6) is -0.661. The lowest BCUT2D eigenvalue weighted by Gasteiger charge is -2.09. The number of oxazole rings is 1. The molecular weight excluding hydrogens is 303 g/mol. The average Bonchev–Trinajstić information content (AvgIpc) is 2.78. The molecule has 3 rings (SSSR count). The van der Waals surface area contributed by atoms with Gasteiger partial charge in [-0.15, -0.1) is 0 Å². The Morgan fingerprint density at radius 3 is 2.55 bits per heavy atom. The Bertz CT molecular complexity index is 888. The van der Waals surface area contributed by atoms with Crippen molar-refractivity contribution in [2.75, 3.05) is 0 Å². The number of hydrogen-bond acceptors (Lipinski definition) is 3. The van der Waals surface area contributed by atoms with Gasteiger partial charge in [-0.1, -0.05) is 29.3 Å². The van der Waals surface area contributed by atoms with Crippen LogP contribution in [0.2, 0.25) is 10.0 Å². The van der Waals surface area contributed by atoms with Crippen LogP contribution in [0, 0.1) is 0 Å². The molecule has 7 heteroatoms. The third-order valence-corrected chi connectivity index (χ3v) is 3.66. The lowest BCUT2D eigenvalue weighted by molar-refractivity contribution is 0.555. The molecule has 3 aromatic rings. The second-order valence-corrected chi connectivity index (χ2v) is 5.02. The van der Waals surface area contributed by atoms with E-state index in [-0.39, 0.29) is 23.2 Å². The maximum atomic E-state index is 12.2. The van der Waals surface area contributed by atoms with Gasteiger partial charge in [-0.25, -0.2) is 4.79 Å². The maximum absolute atomic E-state index is 12.2. The first-order chi connectivity index (χ1) is 9.56. The van der Waals surface area contributed by atoms with E-state index >= 15 is 0 Å². The molecule has 0 aliphatic heterocycles. The molecule has 0 aliphatic rings. The van der Waals surface area contributed by atoms with Crippen LogP contribution in [0.3, 0.4) is 0 Å². The first-order valence-electron chi connectivity index (χ1n) is 5.71. The Kier molecular flexibility index (Phi) is 3.16. The first-order valence-corrected chi connectivity index (χ1v) is 6.47. The van der Waals surface area contributed by atoms with Crippen molar-refractivity contribution in [2.45, 2.75) is 6.54 Å². The Hall–Kier alpha value is -1.98. The summed E-state index contributed by atoms with van der Waals surface area (Å²) >= 11 is 12.2. The van der Waals surface area contributed by atoms with Gasteiger partial charge < -0.3 is 8.98 Å². The maximum Gasteiger partial charge on any atom is 0.417 e. The summed E-state index contributed by atoms with van der Waals surface area (Å²) < 4.78 is 6.23. The summed E-state index contributed by atoms with van der Waals surface area (Å²) in [6.45, 7) is 0.209. The van der Waals surface area contributed by atoms with Crippen molar-refractivity contribution in [3.63, 3.8) is 0 Å². The SMILES string of the molecule is O=c1[nH]c2c(=O)n(Cc3c(Cl)cccc3Cl)ccc2o1. The minimum absolute atomic E-state index is 0.126. The highest BCUT2D eigenvalue weighted by Gasteiger charge is 2.11. The average molecular weight is 311 g/mol. The van der Waals surface area contributed by atoms with E-state index in [0.717, 1.165) is 0 Å². The van der Waals surface area contributed by atoms with Gasteiger partial charge in [0, 0.05) is 21.8 Å². The van der Waals surface area contributed by atoms with E-state index in [1.54, 1.807) is 24.3 Å². The van der Waals surface area contributed by atoms with Gasteiger partial charge in [-0.05, 0) is 18.2 Å². The van der Waals surface area contributed by atoms with Gasteiger partial charge in [0.2, 0.25) is 0 Å². The second kappa shape index (κ2) is 4.85. The molecule has 102 valence electrons. The molecule has 0 radical (unpaired) electrons. The number of benzene rings is 1. The van der Waals surface area contributed by atoms with Crippen LogP contribution in [-0.2, 0) is 6.54 Å². The molecule has 0 amide bonds. The fraction of sp³-hybridized carbons (Fsp3) is 0.0769. The van der Waals surface area contributed by atoms with E-state index in [0.29, 0.717) is 15.6 Å². The van der Waals surface area contributed by atoms with Gasteiger partial charge in [0.15, 0.2) is 11.1 Å². The minimum atomic E-state index is -0.661. The number of pyridine rings is 1.